The molecule has 0 heterocycles. The maximum atomic E-state index is 12.8. The first kappa shape index (κ1) is 24.1. The van der Waals surface area contributed by atoms with Gasteiger partial charge in [-0.1, -0.05) is 11.6 Å². The SMILES string of the molecule is COc1ccc(S(=O)(=O)N(C)C)cc1NC(=O)c1cc(S(=O)(=O)N(C)C)ccc1Cl. The van der Waals surface area contributed by atoms with Crippen LogP contribution in [0, 0.1) is 0 Å². The van der Waals surface area contributed by atoms with Gasteiger partial charge < -0.3 is 10.1 Å². The summed E-state index contributed by atoms with van der Waals surface area (Å²) in [6.07, 6.45) is 0. The third-order valence-electron chi connectivity index (χ3n) is 4.16. The molecule has 30 heavy (non-hydrogen) atoms. The standard InChI is InChI=1S/C18H22ClN3O6S2/c1-21(2)29(24,25)12-6-8-15(19)14(10-12)18(23)20-16-11-13(7-9-17(16)28-5)30(26,27)22(3)4/h6-11H,1-5H3,(H,20,23). The minimum Gasteiger partial charge on any atom is -0.495 e. The van der Waals surface area contributed by atoms with Gasteiger partial charge in [0.05, 0.1) is 33.2 Å². The van der Waals surface area contributed by atoms with Crippen LogP contribution in [0.15, 0.2) is 46.2 Å². The number of rotatable bonds is 7. The molecule has 1 amide bonds. The smallest absolute Gasteiger partial charge is 0.257 e. The highest BCUT2D eigenvalue weighted by atomic mass is 35.5. The van der Waals surface area contributed by atoms with E-state index in [9.17, 15) is 21.6 Å². The van der Waals surface area contributed by atoms with Gasteiger partial charge in [-0.05, 0) is 36.4 Å². The predicted octanol–water partition coefficient (Wildman–Crippen LogP) is 2.10. The Morgan fingerprint density at radius 1 is 0.900 bits per heavy atom. The monoisotopic (exact) mass is 475 g/mol. The Morgan fingerprint density at radius 2 is 1.40 bits per heavy atom. The average Bonchev–Trinajstić information content (AvgIpc) is 2.67. The van der Waals surface area contributed by atoms with E-state index >= 15 is 0 Å². The van der Waals surface area contributed by atoms with Gasteiger partial charge in [0.1, 0.15) is 5.75 Å². The first-order chi connectivity index (χ1) is 13.8. The van der Waals surface area contributed by atoms with Crippen LogP contribution in [-0.2, 0) is 20.0 Å². The molecule has 0 spiro atoms. The molecule has 0 atom stereocenters. The van der Waals surface area contributed by atoms with Crippen molar-refractivity contribution in [1.82, 2.24) is 8.61 Å². The van der Waals surface area contributed by atoms with E-state index in [0.717, 1.165) is 14.7 Å². The molecule has 0 unspecified atom stereocenters. The predicted molar refractivity (Wildman–Crippen MR) is 114 cm³/mol. The molecule has 0 aliphatic rings. The molecule has 0 aromatic heterocycles. The molecule has 9 nitrogen and oxygen atoms in total. The van der Waals surface area contributed by atoms with Crippen LogP contribution < -0.4 is 10.1 Å². The summed E-state index contributed by atoms with van der Waals surface area (Å²) < 4.78 is 56.7. The Bertz CT molecular complexity index is 1180. The third kappa shape index (κ3) is 4.76. The lowest BCUT2D eigenvalue weighted by Gasteiger charge is -2.16. The molecular weight excluding hydrogens is 454 g/mol. The summed E-state index contributed by atoms with van der Waals surface area (Å²) in [6, 6.07) is 7.75. The van der Waals surface area contributed by atoms with Crippen LogP contribution in [0.4, 0.5) is 5.69 Å². The molecule has 0 saturated heterocycles. The van der Waals surface area contributed by atoms with Crippen molar-refractivity contribution >= 4 is 43.2 Å². The number of benzene rings is 2. The van der Waals surface area contributed by atoms with Crippen LogP contribution in [0.2, 0.25) is 5.02 Å². The van der Waals surface area contributed by atoms with Gasteiger partial charge in [-0.25, -0.2) is 25.4 Å². The van der Waals surface area contributed by atoms with Crippen molar-refractivity contribution in [1.29, 1.82) is 0 Å². The number of nitrogens with zero attached hydrogens (tertiary/aromatic N) is 2. The Hall–Kier alpha value is -2.18. The van der Waals surface area contributed by atoms with Gasteiger partial charge in [0.25, 0.3) is 5.91 Å². The molecule has 2 rings (SSSR count). The molecule has 1 N–H and O–H groups in total. The Balaban J connectivity index is 2.50. The minimum atomic E-state index is -3.79. The van der Waals surface area contributed by atoms with Crippen LogP contribution in [0.3, 0.4) is 0 Å². The fourth-order valence-electron chi connectivity index (χ4n) is 2.40. The third-order valence-corrected chi connectivity index (χ3v) is 8.11. The minimum absolute atomic E-state index is 0.0289. The van der Waals surface area contributed by atoms with Crippen molar-refractivity contribution < 1.29 is 26.4 Å². The first-order valence-corrected chi connectivity index (χ1v) is 11.7. The van der Waals surface area contributed by atoms with E-state index in [0.29, 0.717) is 0 Å². The molecule has 0 radical (unpaired) electrons. The highest BCUT2D eigenvalue weighted by molar-refractivity contribution is 7.89. The van der Waals surface area contributed by atoms with Crippen molar-refractivity contribution in [3.05, 3.63) is 47.0 Å². The van der Waals surface area contributed by atoms with E-state index in [4.69, 9.17) is 16.3 Å². The van der Waals surface area contributed by atoms with E-state index < -0.39 is 26.0 Å². The Kier molecular flexibility index (Phi) is 7.15. The summed E-state index contributed by atoms with van der Waals surface area (Å²) in [5.74, 6) is -0.511. The van der Waals surface area contributed by atoms with Crippen LogP contribution in [-0.4, -0.2) is 66.7 Å². The number of carbonyl (C=O) groups excluding carboxylic acids is 1. The highest BCUT2D eigenvalue weighted by Crippen LogP contribution is 2.30. The molecule has 2 aromatic carbocycles. The topological polar surface area (TPSA) is 113 Å². The van der Waals surface area contributed by atoms with Gasteiger partial charge in [-0.3, -0.25) is 4.79 Å². The second kappa shape index (κ2) is 8.90. The van der Waals surface area contributed by atoms with Gasteiger partial charge in [0.2, 0.25) is 20.0 Å². The highest BCUT2D eigenvalue weighted by Gasteiger charge is 2.23. The molecule has 12 heteroatoms. The maximum Gasteiger partial charge on any atom is 0.257 e. The number of amides is 1. The first-order valence-electron chi connectivity index (χ1n) is 8.46. The quantitative estimate of drug-likeness (QED) is 0.656. The lowest BCUT2D eigenvalue weighted by Crippen LogP contribution is -2.23. The second-order valence-electron chi connectivity index (χ2n) is 6.53. The van der Waals surface area contributed by atoms with E-state index in [1.165, 1.54) is 65.6 Å². The van der Waals surface area contributed by atoms with Crippen molar-refractivity contribution in [2.75, 3.05) is 40.6 Å². The number of hydrogen-bond acceptors (Lipinski definition) is 6. The zero-order valence-corrected chi connectivity index (χ0v) is 19.4. The summed E-state index contributed by atoms with van der Waals surface area (Å²) in [6.45, 7) is 0. The Morgan fingerprint density at radius 3 is 1.90 bits per heavy atom. The van der Waals surface area contributed by atoms with Crippen LogP contribution in [0.5, 0.6) is 5.75 Å². The van der Waals surface area contributed by atoms with Crippen LogP contribution >= 0.6 is 11.6 Å². The summed E-state index contributed by atoms with van der Waals surface area (Å²) in [4.78, 5) is 12.7. The van der Waals surface area contributed by atoms with Crippen LogP contribution in [0.1, 0.15) is 10.4 Å². The van der Waals surface area contributed by atoms with Crippen molar-refractivity contribution in [3.8, 4) is 5.75 Å². The largest absolute Gasteiger partial charge is 0.495 e. The van der Waals surface area contributed by atoms with Crippen molar-refractivity contribution in [3.63, 3.8) is 0 Å². The van der Waals surface area contributed by atoms with E-state index in [1.54, 1.807) is 0 Å². The van der Waals surface area contributed by atoms with Gasteiger partial charge >= 0.3 is 0 Å². The average molecular weight is 476 g/mol. The van der Waals surface area contributed by atoms with Gasteiger partial charge in [-0.15, -0.1) is 0 Å². The fourth-order valence-corrected chi connectivity index (χ4v) is 4.46. The normalized spacial score (nSPS) is 12.3. The summed E-state index contributed by atoms with van der Waals surface area (Å²) >= 11 is 6.10. The number of sulfonamides is 2. The number of halogens is 1. The van der Waals surface area contributed by atoms with Crippen molar-refractivity contribution in [2.45, 2.75) is 9.79 Å². The Labute approximate surface area is 181 Å². The summed E-state index contributed by atoms with van der Waals surface area (Å²) in [5, 5.41) is 2.57. The molecule has 164 valence electrons. The molecule has 0 saturated carbocycles. The fraction of sp³-hybridized carbons (Fsp3) is 0.278. The number of nitrogens with one attached hydrogen (secondary N) is 1. The van der Waals surface area contributed by atoms with E-state index in [1.807, 2.05) is 0 Å². The summed E-state index contributed by atoms with van der Waals surface area (Å²) in [5.41, 5.74) is -0.00937. The molecule has 0 fully saturated rings. The number of methoxy groups -OCH3 is 1. The maximum absolute atomic E-state index is 12.8. The van der Waals surface area contributed by atoms with Gasteiger partial charge in [0.15, 0.2) is 0 Å². The summed E-state index contributed by atoms with van der Waals surface area (Å²) in [7, 11) is -0.676. The molecule has 0 aliphatic heterocycles. The molecule has 2 aromatic rings. The lowest BCUT2D eigenvalue weighted by atomic mass is 10.2. The van der Waals surface area contributed by atoms with E-state index in [-0.39, 0.29) is 31.8 Å². The molecule has 0 bridgehead atoms. The lowest BCUT2D eigenvalue weighted by molar-refractivity contribution is 0.102. The number of hydrogen-bond donors (Lipinski definition) is 1. The molecular formula is C18H22ClN3O6S2. The van der Waals surface area contributed by atoms with E-state index in [2.05, 4.69) is 5.32 Å². The number of ether oxygens (including phenoxy) is 1. The van der Waals surface area contributed by atoms with Gasteiger partial charge in [-0.2, -0.15) is 0 Å². The number of carbonyl (C=O) groups is 1. The zero-order chi connectivity index (χ0) is 22.9. The second-order valence-corrected chi connectivity index (χ2v) is 11.2. The number of anilines is 1. The van der Waals surface area contributed by atoms with Gasteiger partial charge in [0, 0.05) is 28.2 Å². The van der Waals surface area contributed by atoms with Crippen LogP contribution in [0.25, 0.3) is 0 Å². The zero-order valence-electron chi connectivity index (χ0n) is 17.0. The molecule has 0 aliphatic carbocycles. The van der Waals surface area contributed by atoms with Crippen molar-refractivity contribution in [2.24, 2.45) is 0 Å².